The fourth-order valence-electron chi connectivity index (χ4n) is 6.18. The molecular formula is C39H62N6O9S3. The van der Waals surface area contributed by atoms with E-state index in [4.69, 9.17) is 14.2 Å². The van der Waals surface area contributed by atoms with Crippen molar-refractivity contribution in [2.45, 2.75) is 94.2 Å². The Balaban J connectivity index is 0.00000281. The standard InChI is InChI=1S/C36H54N6O9S3.C3H8/c1-34(2,52)25(31(46)40-7-13-49-14-8-40)37-28(43)22-19-23(29(44)38-26(35(3,4)53)32(47)41-9-15-50-16-10-41)21-24(20-22)30(45)39-27(36(5,6)54)33(48)42-11-17-51-18-12-42;1-3-2/h19-21,25-27,52-54H,7-18H2,1-6H3,(H,37,43)(H,38,44)(H,39,45);3H2,1-2H3. The minimum Gasteiger partial charge on any atom is -0.378 e. The number of carbonyl (C=O) groups excluding carboxylic acids is 6. The van der Waals surface area contributed by atoms with Gasteiger partial charge >= 0.3 is 0 Å². The summed E-state index contributed by atoms with van der Waals surface area (Å²) in [5.74, 6) is -3.34. The number of hydrogen-bond donors (Lipinski definition) is 6. The molecule has 0 bridgehead atoms. The number of carbonyl (C=O) groups is 6. The summed E-state index contributed by atoms with van der Waals surface area (Å²) >= 11 is 13.9. The van der Waals surface area contributed by atoms with E-state index in [0.717, 1.165) is 0 Å². The van der Waals surface area contributed by atoms with Crippen LogP contribution in [0.2, 0.25) is 0 Å². The molecular weight excluding hydrogens is 793 g/mol. The van der Waals surface area contributed by atoms with Crippen LogP contribution in [-0.2, 0) is 28.6 Å². The Kier molecular flexibility index (Phi) is 18.1. The average molecular weight is 855 g/mol. The van der Waals surface area contributed by atoms with Crippen molar-refractivity contribution in [3.05, 3.63) is 34.9 Å². The van der Waals surface area contributed by atoms with Crippen molar-refractivity contribution in [1.82, 2.24) is 30.7 Å². The summed E-state index contributed by atoms with van der Waals surface area (Å²) in [4.78, 5) is 87.9. The third-order valence-corrected chi connectivity index (χ3v) is 10.1. The number of rotatable bonds is 12. The number of morpholine rings is 3. The van der Waals surface area contributed by atoms with Crippen molar-refractivity contribution >= 4 is 73.3 Å². The first-order valence-electron chi connectivity index (χ1n) is 19.4. The molecule has 1 aromatic carbocycles. The first kappa shape index (κ1) is 48.3. The number of nitrogens with zero attached hydrogens (tertiary/aromatic N) is 3. The SMILES string of the molecule is CC(C)(S)C(NC(=O)c1cc(C(=O)NC(C(=O)N2CCOCC2)C(C)(C)S)cc(C(=O)NC(C(=O)N2CCOCC2)C(C)(C)S)c1)C(=O)N1CCOCC1.CCC. The molecule has 0 spiro atoms. The molecule has 3 atom stereocenters. The smallest absolute Gasteiger partial charge is 0.252 e. The molecule has 3 N–H and O–H groups in total. The molecule has 3 aliphatic heterocycles. The summed E-state index contributed by atoms with van der Waals surface area (Å²) < 4.78 is 13.1. The normalized spacial score (nSPS) is 18.3. The summed E-state index contributed by atoms with van der Waals surface area (Å²) in [6.45, 7) is 18.6. The lowest BCUT2D eigenvalue weighted by Gasteiger charge is -2.36. The van der Waals surface area contributed by atoms with Crippen molar-refractivity contribution in [1.29, 1.82) is 0 Å². The molecule has 3 saturated heterocycles. The van der Waals surface area contributed by atoms with Gasteiger partial charge in [-0.15, -0.1) is 0 Å². The lowest BCUT2D eigenvalue weighted by atomic mass is 9.97. The molecule has 3 aliphatic rings. The maximum Gasteiger partial charge on any atom is 0.252 e. The molecule has 4 rings (SSSR count). The maximum absolute atomic E-state index is 14.1. The van der Waals surface area contributed by atoms with Gasteiger partial charge in [0.15, 0.2) is 0 Å². The van der Waals surface area contributed by atoms with Crippen molar-refractivity contribution in [2.24, 2.45) is 0 Å². The first-order chi connectivity index (χ1) is 26.6. The molecule has 0 saturated carbocycles. The van der Waals surface area contributed by atoms with E-state index in [1.807, 2.05) is 0 Å². The minimum absolute atomic E-state index is 0.118. The van der Waals surface area contributed by atoms with Gasteiger partial charge in [0.25, 0.3) is 17.7 Å². The highest BCUT2D eigenvalue weighted by Gasteiger charge is 2.40. The van der Waals surface area contributed by atoms with E-state index in [-0.39, 0.29) is 34.4 Å². The van der Waals surface area contributed by atoms with Crippen molar-refractivity contribution in [3.63, 3.8) is 0 Å². The molecule has 320 valence electrons. The van der Waals surface area contributed by atoms with Gasteiger partial charge < -0.3 is 44.9 Å². The Labute approximate surface area is 353 Å². The van der Waals surface area contributed by atoms with Crippen LogP contribution in [0.15, 0.2) is 18.2 Å². The van der Waals surface area contributed by atoms with Crippen LogP contribution in [0.1, 0.15) is 92.9 Å². The number of amides is 6. The molecule has 0 aromatic heterocycles. The molecule has 18 heteroatoms. The van der Waals surface area contributed by atoms with Gasteiger partial charge in [0.2, 0.25) is 17.7 Å². The van der Waals surface area contributed by atoms with Gasteiger partial charge in [-0.25, -0.2) is 0 Å². The van der Waals surface area contributed by atoms with E-state index in [0.29, 0.717) is 78.9 Å². The third-order valence-electron chi connectivity index (χ3n) is 9.37. The van der Waals surface area contributed by atoms with Gasteiger partial charge in [0.1, 0.15) is 18.1 Å². The quantitative estimate of drug-likeness (QED) is 0.172. The molecule has 57 heavy (non-hydrogen) atoms. The highest BCUT2D eigenvalue weighted by molar-refractivity contribution is 7.82. The van der Waals surface area contributed by atoms with Crippen LogP contribution < -0.4 is 16.0 Å². The summed E-state index contributed by atoms with van der Waals surface area (Å²) in [7, 11) is 0. The highest BCUT2D eigenvalue weighted by Crippen LogP contribution is 2.25. The molecule has 1 aromatic rings. The van der Waals surface area contributed by atoms with E-state index >= 15 is 0 Å². The lowest BCUT2D eigenvalue weighted by molar-refractivity contribution is -0.138. The molecule has 3 unspecified atom stereocenters. The summed E-state index contributed by atoms with van der Waals surface area (Å²) in [6, 6.07) is 0.560. The Hall–Kier alpha value is -3.03. The van der Waals surface area contributed by atoms with E-state index in [1.165, 1.54) is 24.6 Å². The second kappa shape index (κ2) is 21.3. The monoisotopic (exact) mass is 854 g/mol. The Bertz CT molecular complexity index is 1380. The van der Waals surface area contributed by atoms with Gasteiger partial charge in [-0.1, -0.05) is 20.3 Å². The summed E-state index contributed by atoms with van der Waals surface area (Å²) in [5.41, 5.74) is -0.354. The number of nitrogens with one attached hydrogen (secondary N) is 3. The first-order valence-corrected chi connectivity index (χ1v) is 20.8. The fourth-order valence-corrected chi connectivity index (χ4v) is 6.71. The number of benzene rings is 1. The van der Waals surface area contributed by atoms with Gasteiger partial charge in [-0.3, -0.25) is 28.8 Å². The van der Waals surface area contributed by atoms with E-state index in [9.17, 15) is 28.8 Å². The van der Waals surface area contributed by atoms with Crippen LogP contribution >= 0.6 is 37.9 Å². The maximum atomic E-state index is 14.1. The third kappa shape index (κ3) is 14.0. The van der Waals surface area contributed by atoms with Crippen molar-refractivity contribution < 1.29 is 43.0 Å². The number of thiol groups is 3. The zero-order chi connectivity index (χ0) is 42.7. The van der Waals surface area contributed by atoms with Crippen LogP contribution in [0.5, 0.6) is 0 Å². The van der Waals surface area contributed by atoms with E-state index in [2.05, 4.69) is 67.7 Å². The fraction of sp³-hybridized carbons (Fsp3) is 0.692. The van der Waals surface area contributed by atoms with Crippen molar-refractivity contribution in [2.75, 3.05) is 78.9 Å². The van der Waals surface area contributed by atoms with E-state index in [1.54, 1.807) is 56.2 Å². The Morgan fingerprint density at radius 1 is 0.509 bits per heavy atom. The predicted molar refractivity (Wildman–Crippen MR) is 228 cm³/mol. The van der Waals surface area contributed by atoms with Gasteiger partial charge in [-0.2, -0.15) is 37.9 Å². The summed E-state index contributed by atoms with van der Waals surface area (Å²) in [5, 5.41) is 8.32. The van der Waals surface area contributed by atoms with Gasteiger partial charge in [-0.05, 0) is 59.7 Å². The zero-order valence-electron chi connectivity index (χ0n) is 34.5. The Morgan fingerprint density at radius 3 is 0.877 bits per heavy atom. The molecule has 3 fully saturated rings. The Morgan fingerprint density at radius 2 is 0.702 bits per heavy atom. The van der Waals surface area contributed by atoms with Crippen molar-refractivity contribution in [3.8, 4) is 0 Å². The highest BCUT2D eigenvalue weighted by atomic mass is 32.1. The van der Waals surface area contributed by atoms with Crippen LogP contribution in [0, 0.1) is 0 Å². The largest absolute Gasteiger partial charge is 0.378 e. The van der Waals surface area contributed by atoms with E-state index < -0.39 is 50.1 Å². The predicted octanol–water partition coefficient (Wildman–Crippen LogP) is 2.10. The molecule has 0 radical (unpaired) electrons. The minimum atomic E-state index is -1.10. The zero-order valence-corrected chi connectivity index (χ0v) is 37.2. The molecule has 3 heterocycles. The molecule has 0 aliphatic carbocycles. The van der Waals surface area contributed by atoms with Crippen LogP contribution in [0.3, 0.4) is 0 Å². The summed E-state index contributed by atoms with van der Waals surface area (Å²) in [6.07, 6.45) is 1.25. The number of hydrogen-bond acceptors (Lipinski definition) is 12. The number of ether oxygens (including phenoxy) is 3. The molecule has 15 nitrogen and oxygen atoms in total. The second-order valence-corrected chi connectivity index (χ2v) is 19.5. The van der Waals surface area contributed by atoms with Crippen LogP contribution in [-0.4, -0.2) is 161 Å². The average Bonchev–Trinajstić information content (AvgIpc) is 3.16. The topological polar surface area (TPSA) is 176 Å². The van der Waals surface area contributed by atoms with Crippen LogP contribution in [0.4, 0.5) is 0 Å². The lowest BCUT2D eigenvalue weighted by Crippen LogP contribution is -2.58. The van der Waals surface area contributed by atoms with Gasteiger partial charge in [0, 0.05) is 70.2 Å². The molecule has 6 amide bonds. The second-order valence-electron chi connectivity index (χ2n) is 16.0. The van der Waals surface area contributed by atoms with Crippen LogP contribution in [0.25, 0.3) is 0 Å². The van der Waals surface area contributed by atoms with Gasteiger partial charge in [0.05, 0.1) is 39.6 Å².